The van der Waals surface area contributed by atoms with Crippen molar-refractivity contribution in [1.29, 1.82) is 0 Å². The molecule has 2 N–H and O–H groups in total. The number of halogens is 3. The van der Waals surface area contributed by atoms with Gasteiger partial charge in [0.25, 0.3) is 0 Å². The van der Waals surface area contributed by atoms with E-state index in [1.807, 2.05) is 4.90 Å². The van der Waals surface area contributed by atoms with Gasteiger partial charge >= 0.3 is 6.01 Å². The molecule has 0 radical (unpaired) electrons. The molecule has 5 heterocycles. The Hall–Kier alpha value is -4.40. The second-order valence-corrected chi connectivity index (χ2v) is 13.8. The van der Waals surface area contributed by atoms with Crippen LogP contribution in [0.25, 0.3) is 32.9 Å². The molecule has 1 spiro atoms. The molecule has 4 aromatic rings. The van der Waals surface area contributed by atoms with Gasteiger partial charge in [-0.25, -0.2) is 13.2 Å². The molecule has 11 heteroatoms. The Balaban J connectivity index is 1.21. The first-order chi connectivity index (χ1) is 22.7. The lowest BCUT2D eigenvalue weighted by molar-refractivity contribution is 0.0649. The van der Waals surface area contributed by atoms with Crippen LogP contribution in [-0.2, 0) is 4.74 Å². The lowest BCUT2D eigenvalue weighted by atomic mass is 9.80. The second-order valence-electron chi connectivity index (χ2n) is 13.8. The van der Waals surface area contributed by atoms with E-state index in [-0.39, 0.29) is 45.2 Å². The zero-order chi connectivity index (χ0) is 32.2. The Labute approximate surface area is 269 Å². The maximum atomic E-state index is 16.9. The summed E-state index contributed by atoms with van der Waals surface area (Å²) in [5, 5.41) is 1.18. The van der Waals surface area contributed by atoms with Crippen LogP contribution in [0.2, 0.25) is 0 Å². The number of nitrogens with zero attached hydrogens (tertiary/aromatic N) is 5. The number of nitrogen functional groups attached to an aromatic ring is 1. The fourth-order valence-electron chi connectivity index (χ4n) is 8.72. The monoisotopic (exact) mass is 638 g/mol. The SMILES string of the molecule is C#Cc1c(F)ccc2cc(N)cc(-c3ncc4c(N5CCOC[C@@H]6C5[C@H]6F)nc(OC[C@]56CC(=C)CN5CCC65CC5)nc4c3F)c12. The molecular weight excluding hydrogens is 605 g/mol. The summed E-state index contributed by atoms with van der Waals surface area (Å²) < 4.78 is 59.0. The lowest BCUT2D eigenvalue weighted by Gasteiger charge is -2.37. The minimum absolute atomic E-state index is 0.00338. The molecule has 2 aromatic carbocycles. The predicted octanol–water partition coefficient (Wildman–Crippen LogP) is 5.42. The quantitative estimate of drug-likeness (QED) is 0.176. The van der Waals surface area contributed by atoms with E-state index in [2.05, 4.69) is 27.4 Å². The normalized spacial score (nSPS) is 27.6. The van der Waals surface area contributed by atoms with Crippen molar-refractivity contribution in [1.82, 2.24) is 19.9 Å². The number of nitrogens with two attached hydrogens (primary N) is 1. The van der Waals surface area contributed by atoms with Gasteiger partial charge in [-0.05, 0) is 61.2 Å². The van der Waals surface area contributed by atoms with Crippen LogP contribution in [0, 0.1) is 35.3 Å². The first-order valence-electron chi connectivity index (χ1n) is 16.1. The lowest BCUT2D eigenvalue weighted by Crippen LogP contribution is -2.49. The second kappa shape index (κ2) is 10.1. The highest BCUT2D eigenvalue weighted by Crippen LogP contribution is 2.66. The third-order valence-electron chi connectivity index (χ3n) is 11.3. The molecular formula is C36H33F3N6O2. The molecule has 2 aromatic heterocycles. The number of aromatic nitrogens is 3. The maximum absolute atomic E-state index is 16.9. The van der Waals surface area contributed by atoms with E-state index < -0.39 is 23.8 Å². The van der Waals surface area contributed by atoms with E-state index in [0.717, 1.165) is 38.8 Å². The van der Waals surface area contributed by atoms with Gasteiger partial charge in [0.15, 0.2) is 5.82 Å². The fourth-order valence-corrected chi connectivity index (χ4v) is 8.72. The number of fused-ring (bicyclic) bond motifs is 5. The largest absolute Gasteiger partial charge is 0.461 e. The topological polar surface area (TPSA) is 89.6 Å². The van der Waals surface area contributed by atoms with Crippen LogP contribution in [0.15, 0.2) is 42.6 Å². The van der Waals surface area contributed by atoms with E-state index in [0.29, 0.717) is 54.0 Å². The van der Waals surface area contributed by atoms with Crippen LogP contribution in [0.1, 0.15) is 31.2 Å². The van der Waals surface area contributed by atoms with Gasteiger partial charge in [0.2, 0.25) is 0 Å². The molecule has 240 valence electrons. The first kappa shape index (κ1) is 28.8. The van der Waals surface area contributed by atoms with Gasteiger partial charge in [-0.15, -0.1) is 6.42 Å². The summed E-state index contributed by atoms with van der Waals surface area (Å²) in [5.41, 5.74) is 7.79. The summed E-state index contributed by atoms with van der Waals surface area (Å²) in [6, 6.07) is 5.54. The molecule has 3 aliphatic heterocycles. The van der Waals surface area contributed by atoms with Crippen LogP contribution in [0.3, 0.4) is 0 Å². The van der Waals surface area contributed by atoms with Crippen LogP contribution in [0.4, 0.5) is 24.7 Å². The van der Waals surface area contributed by atoms with Crippen molar-refractivity contribution in [2.75, 3.05) is 50.1 Å². The van der Waals surface area contributed by atoms with Crippen molar-refractivity contribution in [3.63, 3.8) is 0 Å². The Morgan fingerprint density at radius 2 is 2.02 bits per heavy atom. The van der Waals surface area contributed by atoms with E-state index >= 15 is 8.78 Å². The minimum atomic E-state index is -1.09. The number of hydrogen-bond acceptors (Lipinski definition) is 8. The van der Waals surface area contributed by atoms with Crippen LogP contribution >= 0.6 is 0 Å². The number of pyridine rings is 1. The number of anilines is 2. The molecule has 1 unspecified atom stereocenters. The Kier molecular flexibility index (Phi) is 6.16. The van der Waals surface area contributed by atoms with Crippen LogP contribution in [0.5, 0.6) is 6.01 Å². The molecule has 4 atom stereocenters. The molecule has 47 heavy (non-hydrogen) atoms. The smallest absolute Gasteiger partial charge is 0.319 e. The van der Waals surface area contributed by atoms with Crippen LogP contribution in [-0.4, -0.2) is 77.1 Å². The molecule has 9 rings (SSSR count). The average molecular weight is 639 g/mol. The standard InChI is InChI=1S/C36H33F3N6O2/c1-3-22-26(37)5-4-20-12-21(40)13-23(27(20)22)30-29(39)31-24(15-41-30)33(45-10-11-46-17-25-28(38)32(25)45)43-34(42-31)47-18-36-14-19(2)16-44(36)9-8-35(36)6-7-35/h1,4-5,12-13,15,25,28,32H,2,6-11,14,16-18,40H2/t25-,28-,32?,36-/m0/s1. The number of alkyl halides is 1. The van der Waals surface area contributed by atoms with Gasteiger partial charge in [-0.1, -0.05) is 24.1 Å². The van der Waals surface area contributed by atoms with Crippen molar-refractivity contribution < 1.29 is 22.6 Å². The zero-order valence-corrected chi connectivity index (χ0v) is 25.7. The van der Waals surface area contributed by atoms with Gasteiger partial charge in [0, 0.05) is 41.8 Å². The molecule has 2 aliphatic carbocycles. The third-order valence-corrected chi connectivity index (χ3v) is 11.3. The van der Waals surface area contributed by atoms with E-state index in [4.69, 9.17) is 26.6 Å². The Morgan fingerprint density at radius 1 is 1.17 bits per heavy atom. The molecule has 3 saturated heterocycles. The summed E-state index contributed by atoms with van der Waals surface area (Å²) in [5.74, 6) is 1.07. The first-order valence-corrected chi connectivity index (χ1v) is 16.1. The Bertz CT molecular complexity index is 2060. The maximum Gasteiger partial charge on any atom is 0.319 e. The van der Waals surface area contributed by atoms with Gasteiger partial charge in [-0.3, -0.25) is 9.88 Å². The minimum Gasteiger partial charge on any atom is -0.461 e. The van der Waals surface area contributed by atoms with Gasteiger partial charge in [-0.2, -0.15) is 9.97 Å². The van der Waals surface area contributed by atoms with E-state index in [9.17, 15) is 4.39 Å². The Morgan fingerprint density at radius 3 is 2.83 bits per heavy atom. The number of ether oxygens (including phenoxy) is 2. The highest BCUT2D eigenvalue weighted by atomic mass is 19.1. The molecule has 8 nitrogen and oxygen atoms in total. The van der Waals surface area contributed by atoms with Crippen molar-refractivity contribution in [3.05, 3.63) is 59.8 Å². The number of rotatable bonds is 5. The molecule has 0 bridgehead atoms. The summed E-state index contributed by atoms with van der Waals surface area (Å²) in [4.78, 5) is 18.3. The van der Waals surface area contributed by atoms with Crippen molar-refractivity contribution in [2.24, 2.45) is 11.3 Å². The molecule has 0 amide bonds. The summed E-state index contributed by atoms with van der Waals surface area (Å²) in [7, 11) is 0. The fraction of sp³-hybridized carbons (Fsp3) is 0.417. The van der Waals surface area contributed by atoms with Gasteiger partial charge < -0.3 is 20.1 Å². The number of terminal acetylenes is 1. The van der Waals surface area contributed by atoms with Gasteiger partial charge in [0.05, 0.1) is 35.7 Å². The zero-order valence-electron chi connectivity index (χ0n) is 25.7. The van der Waals surface area contributed by atoms with Gasteiger partial charge in [0.1, 0.15) is 35.6 Å². The molecule has 5 fully saturated rings. The van der Waals surface area contributed by atoms with Crippen molar-refractivity contribution in [3.8, 4) is 29.6 Å². The summed E-state index contributed by atoms with van der Waals surface area (Å²) >= 11 is 0. The highest BCUT2D eigenvalue weighted by molar-refractivity contribution is 6.03. The summed E-state index contributed by atoms with van der Waals surface area (Å²) in [6.45, 7) is 7.49. The number of hydrogen-bond donors (Lipinski definition) is 1. The summed E-state index contributed by atoms with van der Waals surface area (Å²) in [6.07, 6.45) is 10.3. The van der Waals surface area contributed by atoms with Crippen LogP contribution < -0.4 is 15.4 Å². The molecule has 2 saturated carbocycles. The third kappa shape index (κ3) is 4.14. The van der Waals surface area contributed by atoms with E-state index in [1.165, 1.54) is 23.9 Å². The number of benzene rings is 2. The highest BCUT2D eigenvalue weighted by Gasteiger charge is 2.67. The van der Waals surface area contributed by atoms with E-state index in [1.54, 1.807) is 12.1 Å². The molecule has 5 aliphatic rings. The van der Waals surface area contributed by atoms with Crippen molar-refractivity contribution >= 4 is 33.2 Å². The average Bonchev–Trinajstić information content (AvgIpc) is 3.93. The van der Waals surface area contributed by atoms with Crippen molar-refractivity contribution in [2.45, 2.75) is 43.4 Å². The predicted molar refractivity (Wildman–Crippen MR) is 173 cm³/mol.